The van der Waals surface area contributed by atoms with E-state index in [2.05, 4.69) is 110 Å². The van der Waals surface area contributed by atoms with E-state index in [1.165, 1.54) is 5.56 Å². The van der Waals surface area contributed by atoms with Crippen molar-refractivity contribution in [3.05, 3.63) is 102 Å². The molecule has 4 nitrogen and oxygen atoms in total. The molecular weight excluding hydrogens is 542 g/mol. The fourth-order valence-corrected chi connectivity index (χ4v) is 4.41. The fraction of sp³-hybridized carbons (Fsp3) is 0.500. The van der Waals surface area contributed by atoms with E-state index in [1.54, 1.807) is 0 Å². The van der Waals surface area contributed by atoms with E-state index in [1.807, 2.05) is 20.8 Å². The van der Waals surface area contributed by atoms with Gasteiger partial charge in [-0.05, 0) is 95.2 Å². The van der Waals surface area contributed by atoms with Gasteiger partial charge in [0.05, 0.1) is 6.61 Å². The molecule has 0 saturated heterocycles. The van der Waals surface area contributed by atoms with Crippen LogP contribution in [0.1, 0.15) is 109 Å². The number of hydrogen-bond acceptors (Lipinski definition) is 3. The predicted molar refractivity (Wildman–Crippen MR) is 189 cm³/mol. The number of ketones is 1. The molecule has 0 atom stereocenters. The topological polar surface area (TPSA) is 55.4 Å². The fourth-order valence-electron chi connectivity index (χ4n) is 4.41. The first-order valence-corrected chi connectivity index (χ1v) is 16.7. The minimum absolute atomic E-state index is 0.0367. The number of allylic oxidation sites excluding steroid dienone is 12. The molecule has 0 radical (unpaired) electrons. The Balaban J connectivity index is 2.05. The molecule has 0 unspecified atom stereocenters. The second kappa shape index (κ2) is 25.0. The summed E-state index contributed by atoms with van der Waals surface area (Å²) in [4.78, 5) is 24.9. The smallest absolute Gasteiger partial charge is 0.225 e. The minimum Gasteiger partial charge on any atom is -0.493 e. The molecule has 0 saturated carbocycles. The highest BCUT2D eigenvalue weighted by Crippen LogP contribution is 2.24. The number of benzene rings is 1. The lowest BCUT2D eigenvalue weighted by Crippen LogP contribution is -2.37. The summed E-state index contributed by atoms with van der Waals surface area (Å²) in [7, 11) is 0. The Morgan fingerprint density at radius 3 is 1.86 bits per heavy atom. The maximum atomic E-state index is 12.7. The molecule has 0 spiro atoms. The minimum atomic E-state index is -0.467. The Labute approximate surface area is 269 Å². The van der Waals surface area contributed by atoms with Crippen molar-refractivity contribution >= 4 is 11.7 Å². The first-order valence-electron chi connectivity index (χ1n) is 16.7. The summed E-state index contributed by atoms with van der Waals surface area (Å²) in [5, 5.41) is 3.02. The van der Waals surface area contributed by atoms with Crippen molar-refractivity contribution in [2.24, 2.45) is 5.41 Å². The summed E-state index contributed by atoms with van der Waals surface area (Å²) in [5.41, 5.74) is 1.84. The lowest BCUT2D eigenvalue weighted by atomic mass is 9.87. The Kier molecular flexibility index (Phi) is 21.9. The summed E-state index contributed by atoms with van der Waals surface area (Å²) >= 11 is 0. The molecule has 1 aromatic carbocycles. The van der Waals surface area contributed by atoms with Gasteiger partial charge in [0.15, 0.2) is 0 Å². The average molecular weight is 602 g/mol. The molecule has 1 rings (SSSR count). The Hall–Kier alpha value is -3.40. The highest BCUT2D eigenvalue weighted by Gasteiger charge is 2.26. The Bertz CT molecular complexity index is 1120. The van der Waals surface area contributed by atoms with Crippen LogP contribution in [0.4, 0.5) is 0 Å². The van der Waals surface area contributed by atoms with Crippen molar-refractivity contribution in [1.82, 2.24) is 5.32 Å². The van der Waals surface area contributed by atoms with Crippen LogP contribution >= 0.6 is 0 Å². The molecule has 0 fully saturated rings. The van der Waals surface area contributed by atoms with Crippen LogP contribution in [0.2, 0.25) is 0 Å². The molecule has 242 valence electrons. The quantitative estimate of drug-likeness (QED) is 0.0947. The van der Waals surface area contributed by atoms with Crippen LogP contribution in [0.25, 0.3) is 0 Å². The zero-order valence-electron chi connectivity index (χ0n) is 28.3. The molecule has 0 aliphatic heterocycles. The Morgan fingerprint density at radius 1 is 0.750 bits per heavy atom. The van der Waals surface area contributed by atoms with Gasteiger partial charge in [0.2, 0.25) is 5.91 Å². The third-order valence-electron chi connectivity index (χ3n) is 7.27. The molecule has 0 aliphatic rings. The molecule has 1 amide bonds. The second-order valence-electron chi connectivity index (χ2n) is 12.0. The van der Waals surface area contributed by atoms with Crippen LogP contribution in [-0.2, 0) is 9.59 Å². The van der Waals surface area contributed by atoms with Gasteiger partial charge in [-0.2, -0.15) is 0 Å². The molecular formula is C40H59NO3. The van der Waals surface area contributed by atoms with Crippen molar-refractivity contribution in [2.45, 2.75) is 112 Å². The number of hydrogen-bond donors (Lipinski definition) is 1. The molecule has 0 aliphatic carbocycles. The van der Waals surface area contributed by atoms with Crippen molar-refractivity contribution in [1.29, 1.82) is 0 Å². The van der Waals surface area contributed by atoms with Crippen LogP contribution in [-0.4, -0.2) is 24.8 Å². The van der Waals surface area contributed by atoms with Crippen LogP contribution in [0, 0.1) is 19.3 Å². The zero-order valence-corrected chi connectivity index (χ0v) is 28.3. The number of nitrogens with one attached hydrogen (secondary N) is 1. The van der Waals surface area contributed by atoms with Crippen molar-refractivity contribution in [3.8, 4) is 5.75 Å². The third-order valence-corrected chi connectivity index (χ3v) is 7.27. The summed E-state index contributed by atoms with van der Waals surface area (Å²) in [6.45, 7) is 11.3. The lowest BCUT2D eigenvalue weighted by Gasteiger charge is -2.23. The number of Topliss-reactive ketones (excluding diaryl/α,β-unsaturated/α-hetero) is 1. The molecule has 1 aromatic rings. The first kappa shape index (κ1) is 38.6. The van der Waals surface area contributed by atoms with E-state index in [4.69, 9.17) is 4.74 Å². The monoisotopic (exact) mass is 601 g/mol. The van der Waals surface area contributed by atoms with Gasteiger partial charge in [0, 0.05) is 24.8 Å². The van der Waals surface area contributed by atoms with Gasteiger partial charge >= 0.3 is 0 Å². The highest BCUT2D eigenvalue weighted by atomic mass is 16.5. The second-order valence-corrected chi connectivity index (χ2v) is 12.0. The third kappa shape index (κ3) is 20.5. The van der Waals surface area contributed by atoms with Gasteiger partial charge in [0.25, 0.3) is 0 Å². The van der Waals surface area contributed by atoms with Gasteiger partial charge in [-0.3, -0.25) is 9.59 Å². The standard InChI is InChI=1S/C40H59NO3/c1-6-7-8-9-10-11-12-13-14-15-16-17-18-19-20-21-22-23-24-27-37(42)28-25-32-41-39(43)40(4,5)31-26-33-44-38-34-35(2)29-30-36(38)3/h7-8,10-11,13-14,16-17,19-20,22-23,29-30,34H,6,9,12,15,18,21,24-28,31-33H2,1-5H3,(H,41,43)/b8-7-,11-10-,14-13-,17-16-,20-19-,23-22-. The highest BCUT2D eigenvalue weighted by molar-refractivity contribution is 5.82. The average Bonchev–Trinajstić information content (AvgIpc) is 3.00. The number of carbonyl (C=O) groups excluding carboxylic acids is 2. The number of ether oxygens (including phenoxy) is 1. The normalized spacial score (nSPS) is 12.7. The van der Waals surface area contributed by atoms with Crippen molar-refractivity contribution in [2.75, 3.05) is 13.2 Å². The molecule has 0 aromatic heterocycles. The molecule has 1 N–H and O–H groups in total. The summed E-state index contributed by atoms with van der Waals surface area (Å²) in [6.07, 6.45) is 36.2. The summed E-state index contributed by atoms with van der Waals surface area (Å²) in [6, 6.07) is 6.20. The van der Waals surface area contributed by atoms with Crippen LogP contribution in [0.3, 0.4) is 0 Å². The van der Waals surface area contributed by atoms with Crippen molar-refractivity contribution < 1.29 is 14.3 Å². The van der Waals surface area contributed by atoms with Crippen LogP contribution in [0.5, 0.6) is 5.75 Å². The van der Waals surface area contributed by atoms with Gasteiger partial charge in [-0.1, -0.05) is 106 Å². The van der Waals surface area contributed by atoms with Gasteiger partial charge in [-0.25, -0.2) is 0 Å². The molecule has 44 heavy (non-hydrogen) atoms. The number of rotatable bonds is 24. The molecule has 0 bridgehead atoms. The van der Waals surface area contributed by atoms with E-state index >= 15 is 0 Å². The van der Waals surface area contributed by atoms with E-state index < -0.39 is 5.41 Å². The maximum Gasteiger partial charge on any atom is 0.225 e. The van der Waals surface area contributed by atoms with Gasteiger partial charge < -0.3 is 10.1 Å². The number of aryl methyl sites for hydroxylation is 2. The molecule has 4 heteroatoms. The zero-order chi connectivity index (χ0) is 32.3. The maximum absolute atomic E-state index is 12.7. The van der Waals surface area contributed by atoms with E-state index in [0.29, 0.717) is 32.4 Å². The SMILES string of the molecule is CC/C=C\C/C=C\C/C=C\C/C=C\C/C=C\C/C=C\CCC(=O)CCCNC(=O)C(C)(C)CCCOc1cc(C)ccc1C. The largest absolute Gasteiger partial charge is 0.493 e. The van der Waals surface area contributed by atoms with Crippen molar-refractivity contribution in [3.63, 3.8) is 0 Å². The lowest BCUT2D eigenvalue weighted by molar-refractivity contribution is -0.130. The first-order chi connectivity index (χ1) is 21.3. The summed E-state index contributed by atoms with van der Waals surface area (Å²) in [5.74, 6) is 1.20. The van der Waals surface area contributed by atoms with Gasteiger partial charge in [0.1, 0.15) is 11.5 Å². The van der Waals surface area contributed by atoms with E-state index in [9.17, 15) is 9.59 Å². The number of amides is 1. The predicted octanol–water partition coefficient (Wildman–Crippen LogP) is 10.4. The van der Waals surface area contributed by atoms with E-state index in [0.717, 1.165) is 69.1 Å². The van der Waals surface area contributed by atoms with Gasteiger partial charge in [-0.15, -0.1) is 0 Å². The van der Waals surface area contributed by atoms with E-state index in [-0.39, 0.29) is 11.7 Å². The van der Waals surface area contributed by atoms with Crippen LogP contribution < -0.4 is 10.1 Å². The number of carbonyl (C=O) groups is 2. The molecule has 0 heterocycles. The summed E-state index contributed by atoms with van der Waals surface area (Å²) < 4.78 is 5.93. The van der Waals surface area contributed by atoms with Crippen LogP contribution in [0.15, 0.2) is 91.1 Å². The Morgan fingerprint density at radius 2 is 1.30 bits per heavy atom.